The van der Waals surface area contributed by atoms with Gasteiger partial charge in [0, 0.05) is 5.70 Å². The number of allylic oxidation sites excluding steroid dienone is 1. The second-order valence-corrected chi connectivity index (χ2v) is 5.01. The zero-order valence-electron chi connectivity index (χ0n) is 12.1. The van der Waals surface area contributed by atoms with Crippen LogP contribution in [0.3, 0.4) is 0 Å². The summed E-state index contributed by atoms with van der Waals surface area (Å²) in [5, 5.41) is 6.55. The normalized spacial score (nSPS) is 18.4. The average Bonchev–Trinajstić information content (AvgIpc) is 2.45. The van der Waals surface area contributed by atoms with Crippen molar-refractivity contribution in [2.75, 3.05) is 6.61 Å². The molecule has 1 aliphatic rings. The van der Waals surface area contributed by atoms with Crippen molar-refractivity contribution in [1.29, 1.82) is 0 Å². The molecule has 0 radical (unpaired) electrons. The van der Waals surface area contributed by atoms with Crippen LogP contribution in [0.15, 0.2) is 47.7 Å². The monoisotopic (exact) mass is 302 g/mol. The van der Waals surface area contributed by atoms with Crippen molar-refractivity contribution < 1.29 is 9.53 Å². The van der Waals surface area contributed by atoms with Gasteiger partial charge in [-0.25, -0.2) is 4.79 Å². The lowest BCUT2D eigenvalue weighted by Crippen LogP contribution is -2.48. The van der Waals surface area contributed by atoms with E-state index in [1.807, 2.05) is 49.4 Å². The number of esters is 1. The Kier molecular flexibility index (Phi) is 5.11. The lowest BCUT2D eigenvalue weighted by atomic mass is 10.0. The molecular formula is C16H18N2O2S. The number of hydrogen-bond donors (Lipinski definition) is 2. The molecule has 0 aliphatic carbocycles. The maximum Gasteiger partial charge on any atom is 0.338 e. The van der Waals surface area contributed by atoms with E-state index >= 15 is 0 Å². The number of carbonyl (C=O) groups excluding carboxylic acids is 1. The summed E-state index contributed by atoms with van der Waals surface area (Å²) < 4.78 is 5.12. The summed E-state index contributed by atoms with van der Waals surface area (Å²) in [6.45, 7) is 3.95. The number of carbonyl (C=O) groups is 1. The minimum absolute atomic E-state index is 0.294. The van der Waals surface area contributed by atoms with Gasteiger partial charge in [-0.05, 0) is 31.6 Å². The molecule has 0 spiro atoms. The first-order chi connectivity index (χ1) is 10.1. The van der Waals surface area contributed by atoms with Crippen LogP contribution in [0.5, 0.6) is 0 Å². The van der Waals surface area contributed by atoms with Crippen LogP contribution in [-0.4, -0.2) is 23.7 Å². The highest BCUT2D eigenvalue weighted by Gasteiger charge is 2.27. The van der Waals surface area contributed by atoms with Crippen molar-refractivity contribution in [2.24, 2.45) is 0 Å². The SMILES string of the molecule is CCOC(=O)C1=C(C)NC(=S)N[C@H]1C=Cc1ccccc1. The number of nitrogens with one attached hydrogen (secondary N) is 2. The number of thiocarbonyl (C=S) groups is 1. The Morgan fingerprint density at radius 2 is 2.10 bits per heavy atom. The second kappa shape index (κ2) is 7.04. The lowest BCUT2D eigenvalue weighted by Gasteiger charge is -2.27. The van der Waals surface area contributed by atoms with E-state index in [2.05, 4.69) is 10.6 Å². The van der Waals surface area contributed by atoms with E-state index in [1.54, 1.807) is 6.92 Å². The Hall–Kier alpha value is -2.14. The molecule has 21 heavy (non-hydrogen) atoms. The molecule has 1 aromatic carbocycles. The molecule has 1 aromatic rings. The van der Waals surface area contributed by atoms with Crippen LogP contribution in [0.2, 0.25) is 0 Å². The number of benzene rings is 1. The lowest BCUT2D eigenvalue weighted by molar-refractivity contribution is -0.138. The summed E-state index contributed by atoms with van der Waals surface area (Å²) in [7, 11) is 0. The quantitative estimate of drug-likeness (QED) is 0.660. The Balaban J connectivity index is 2.26. The number of ether oxygens (including phenoxy) is 1. The number of hydrogen-bond acceptors (Lipinski definition) is 3. The van der Waals surface area contributed by atoms with Gasteiger partial charge < -0.3 is 15.4 Å². The Bertz CT molecular complexity index is 594. The summed E-state index contributed by atoms with van der Waals surface area (Å²) in [4.78, 5) is 12.1. The van der Waals surface area contributed by atoms with Crippen LogP contribution in [0, 0.1) is 0 Å². The molecule has 2 rings (SSSR count). The van der Waals surface area contributed by atoms with Gasteiger partial charge in [-0.3, -0.25) is 0 Å². The van der Waals surface area contributed by atoms with Gasteiger partial charge in [-0.15, -0.1) is 0 Å². The molecule has 0 fully saturated rings. The standard InChI is InChI=1S/C16H18N2O2S/c1-3-20-15(19)14-11(2)17-16(21)18-13(14)10-9-12-7-5-4-6-8-12/h4-10,13H,3H2,1-2H3,(H2,17,18,21)/t13-/m0/s1. The van der Waals surface area contributed by atoms with Gasteiger partial charge >= 0.3 is 5.97 Å². The van der Waals surface area contributed by atoms with Crippen molar-refractivity contribution in [1.82, 2.24) is 10.6 Å². The molecule has 0 bridgehead atoms. The molecule has 4 nitrogen and oxygen atoms in total. The van der Waals surface area contributed by atoms with Crippen molar-refractivity contribution in [3.8, 4) is 0 Å². The third-order valence-corrected chi connectivity index (χ3v) is 3.30. The zero-order chi connectivity index (χ0) is 15.2. The Morgan fingerprint density at radius 1 is 1.38 bits per heavy atom. The summed E-state index contributed by atoms with van der Waals surface area (Å²) in [6.07, 6.45) is 3.87. The van der Waals surface area contributed by atoms with Crippen LogP contribution in [0.4, 0.5) is 0 Å². The molecule has 1 atom stereocenters. The fourth-order valence-corrected chi connectivity index (χ4v) is 2.41. The predicted octanol–water partition coefficient (Wildman–Crippen LogP) is 2.38. The van der Waals surface area contributed by atoms with Gasteiger partial charge in [0.1, 0.15) is 0 Å². The second-order valence-electron chi connectivity index (χ2n) is 4.61. The van der Waals surface area contributed by atoms with Crippen molar-refractivity contribution >= 4 is 29.4 Å². The molecule has 1 aliphatic heterocycles. The minimum atomic E-state index is -0.333. The fraction of sp³-hybridized carbons (Fsp3) is 0.250. The van der Waals surface area contributed by atoms with Gasteiger partial charge in [0.2, 0.25) is 0 Å². The molecule has 5 heteroatoms. The smallest absolute Gasteiger partial charge is 0.338 e. The first-order valence-electron chi connectivity index (χ1n) is 6.80. The van der Waals surface area contributed by atoms with Gasteiger partial charge in [0.15, 0.2) is 5.11 Å². The van der Waals surface area contributed by atoms with Gasteiger partial charge in [-0.1, -0.05) is 42.5 Å². The average molecular weight is 302 g/mol. The first kappa shape index (κ1) is 15.3. The van der Waals surface area contributed by atoms with Gasteiger partial charge in [0.25, 0.3) is 0 Å². The number of rotatable bonds is 4. The van der Waals surface area contributed by atoms with Gasteiger partial charge in [0.05, 0.1) is 18.2 Å². The highest BCUT2D eigenvalue weighted by Crippen LogP contribution is 2.16. The van der Waals surface area contributed by atoms with E-state index in [9.17, 15) is 4.79 Å². The van der Waals surface area contributed by atoms with Crippen molar-refractivity contribution in [2.45, 2.75) is 19.9 Å². The van der Waals surface area contributed by atoms with Crippen LogP contribution in [0.1, 0.15) is 19.4 Å². The molecule has 0 saturated carbocycles. The summed E-state index contributed by atoms with van der Waals surface area (Å²) in [5.74, 6) is -0.333. The third-order valence-electron chi connectivity index (χ3n) is 3.08. The zero-order valence-corrected chi connectivity index (χ0v) is 12.9. The van der Waals surface area contributed by atoms with E-state index in [1.165, 1.54) is 0 Å². The Labute approximate surface area is 129 Å². The maximum atomic E-state index is 12.1. The van der Waals surface area contributed by atoms with Crippen molar-refractivity contribution in [3.63, 3.8) is 0 Å². The van der Waals surface area contributed by atoms with E-state index in [0.717, 1.165) is 11.3 Å². The molecule has 2 N–H and O–H groups in total. The summed E-state index contributed by atoms with van der Waals surface area (Å²) >= 11 is 5.15. The minimum Gasteiger partial charge on any atom is -0.463 e. The third kappa shape index (κ3) is 3.92. The van der Waals surface area contributed by atoms with E-state index < -0.39 is 0 Å². The van der Waals surface area contributed by atoms with Crippen LogP contribution < -0.4 is 10.6 Å². The highest BCUT2D eigenvalue weighted by molar-refractivity contribution is 7.80. The van der Waals surface area contributed by atoms with Crippen LogP contribution in [0.25, 0.3) is 6.08 Å². The molecule has 0 amide bonds. The molecular weight excluding hydrogens is 284 g/mol. The van der Waals surface area contributed by atoms with E-state index in [-0.39, 0.29) is 12.0 Å². The predicted molar refractivity (Wildman–Crippen MR) is 87.5 cm³/mol. The van der Waals surface area contributed by atoms with Gasteiger partial charge in [-0.2, -0.15) is 0 Å². The topological polar surface area (TPSA) is 50.4 Å². The molecule has 0 unspecified atom stereocenters. The van der Waals surface area contributed by atoms with Crippen molar-refractivity contribution in [3.05, 3.63) is 53.2 Å². The van der Waals surface area contributed by atoms with Crippen LogP contribution >= 0.6 is 12.2 Å². The van der Waals surface area contributed by atoms with E-state index in [4.69, 9.17) is 17.0 Å². The summed E-state index contributed by atoms with van der Waals surface area (Å²) in [6, 6.07) is 9.59. The summed E-state index contributed by atoms with van der Waals surface area (Å²) in [5.41, 5.74) is 2.34. The molecule has 1 heterocycles. The molecule has 110 valence electrons. The molecule has 0 aromatic heterocycles. The maximum absolute atomic E-state index is 12.1. The first-order valence-corrected chi connectivity index (χ1v) is 7.21. The van der Waals surface area contributed by atoms with E-state index in [0.29, 0.717) is 17.3 Å². The molecule has 0 saturated heterocycles. The Morgan fingerprint density at radius 3 is 2.76 bits per heavy atom. The fourth-order valence-electron chi connectivity index (χ4n) is 2.13. The highest BCUT2D eigenvalue weighted by atomic mass is 32.1. The largest absolute Gasteiger partial charge is 0.463 e. The van der Waals surface area contributed by atoms with Crippen LogP contribution in [-0.2, 0) is 9.53 Å².